The molecule has 3 aromatic rings. The van der Waals surface area contributed by atoms with Gasteiger partial charge in [0.15, 0.2) is 0 Å². The van der Waals surface area contributed by atoms with Gasteiger partial charge in [-0.15, -0.1) is 11.8 Å². The molecule has 1 N–H and O–H groups in total. The second kappa shape index (κ2) is 15.1. The number of carbonyl (C=O) groups is 2. The Bertz CT molecular complexity index is 1190. The molecular weight excluding hydrogens is 539 g/mol. The van der Waals surface area contributed by atoms with Gasteiger partial charge in [0.2, 0.25) is 11.8 Å². The Labute approximate surface area is 239 Å². The number of carbonyl (C=O) groups excluding carboxylic acids is 2. The highest BCUT2D eigenvalue weighted by atomic mass is 35.5. The maximum absolute atomic E-state index is 13.8. The monoisotopic (exact) mass is 572 g/mol. The third-order valence-corrected chi connectivity index (χ3v) is 7.94. The maximum Gasteiger partial charge on any atom is 0.243 e. The molecule has 0 unspecified atom stereocenters. The summed E-state index contributed by atoms with van der Waals surface area (Å²) < 4.78 is 5.39. The summed E-state index contributed by atoms with van der Waals surface area (Å²) in [5.74, 6) is 1.05. The highest BCUT2D eigenvalue weighted by Crippen LogP contribution is 2.29. The first kappa shape index (κ1) is 29.9. The van der Waals surface area contributed by atoms with Crippen molar-refractivity contribution >= 4 is 46.8 Å². The van der Waals surface area contributed by atoms with E-state index in [1.165, 1.54) is 11.8 Å². The van der Waals surface area contributed by atoms with Gasteiger partial charge in [-0.1, -0.05) is 78.7 Å². The number of nitrogens with zero attached hydrogens (tertiary/aromatic N) is 1. The Morgan fingerprint density at radius 3 is 2.29 bits per heavy atom. The summed E-state index contributed by atoms with van der Waals surface area (Å²) in [4.78, 5) is 29.1. The van der Waals surface area contributed by atoms with Crippen LogP contribution in [-0.4, -0.2) is 41.7 Å². The third-order valence-electron chi connectivity index (χ3n) is 6.29. The van der Waals surface area contributed by atoms with E-state index in [0.29, 0.717) is 28.0 Å². The van der Waals surface area contributed by atoms with Crippen LogP contribution in [0, 0.1) is 0 Å². The summed E-state index contributed by atoms with van der Waals surface area (Å²) in [6, 6.07) is 22.0. The lowest BCUT2D eigenvalue weighted by Crippen LogP contribution is -2.52. The molecule has 0 bridgehead atoms. The van der Waals surface area contributed by atoms with E-state index >= 15 is 0 Å². The van der Waals surface area contributed by atoms with Gasteiger partial charge in [0.05, 0.1) is 12.9 Å². The fourth-order valence-corrected chi connectivity index (χ4v) is 5.60. The quantitative estimate of drug-likeness (QED) is 0.245. The minimum absolute atomic E-state index is 0.00807. The summed E-state index contributed by atoms with van der Waals surface area (Å²) >= 11 is 14.1. The molecule has 0 saturated heterocycles. The Hall–Kier alpha value is -2.67. The lowest BCUT2D eigenvalue weighted by Gasteiger charge is -2.32. The average Bonchev–Trinajstić information content (AvgIpc) is 2.92. The lowest BCUT2D eigenvalue weighted by atomic mass is 10.0. The molecule has 0 spiro atoms. The average molecular weight is 574 g/mol. The number of nitrogens with one attached hydrogen (secondary N) is 1. The topological polar surface area (TPSA) is 58.6 Å². The van der Waals surface area contributed by atoms with E-state index in [4.69, 9.17) is 27.9 Å². The van der Waals surface area contributed by atoms with Gasteiger partial charge in [0.25, 0.3) is 0 Å². The minimum Gasteiger partial charge on any atom is -0.497 e. The van der Waals surface area contributed by atoms with Crippen LogP contribution in [0.15, 0.2) is 72.8 Å². The molecule has 0 aliphatic heterocycles. The van der Waals surface area contributed by atoms with Crippen LogP contribution < -0.4 is 10.1 Å². The molecule has 0 fully saturated rings. The molecule has 0 heterocycles. The van der Waals surface area contributed by atoms with Crippen molar-refractivity contribution in [3.05, 3.63) is 99.5 Å². The zero-order valence-corrected chi connectivity index (χ0v) is 24.3. The lowest BCUT2D eigenvalue weighted by molar-refractivity contribution is -0.139. The number of rotatable bonds is 13. The van der Waals surface area contributed by atoms with Crippen molar-refractivity contribution in [1.82, 2.24) is 10.2 Å². The number of thioether (sulfide) groups is 1. The summed E-state index contributed by atoms with van der Waals surface area (Å²) in [5, 5.41) is 4.23. The molecule has 2 amide bonds. The minimum atomic E-state index is -0.686. The van der Waals surface area contributed by atoms with Gasteiger partial charge in [-0.05, 0) is 54.3 Å². The zero-order chi connectivity index (χ0) is 27.5. The number of halogens is 2. The van der Waals surface area contributed by atoms with Crippen molar-refractivity contribution in [2.24, 2.45) is 0 Å². The van der Waals surface area contributed by atoms with E-state index < -0.39 is 6.04 Å². The van der Waals surface area contributed by atoms with Gasteiger partial charge in [0, 0.05) is 34.8 Å². The summed E-state index contributed by atoms with van der Waals surface area (Å²) in [6.07, 6.45) is 1.20. The second-order valence-electron chi connectivity index (χ2n) is 9.09. The predicted molar refractivity (Wildman–Crippen MR) is 158 cm³/mol. The molecule has 0 saturated carbocycles. The van der Waals surface area contributed by atoms with Crippen molar-refractivity contribution in [1.29, 1.82) is 0 Å². The van der Waals surface area contributed by atoms with E-state index in [1.54, 1.807) is 30.2 Å². The maximum atomic E-state index is 13.8. The molecule has 38 heavy (non-hydrogen) atoms. The highest BCUT2D eigenvalue weighted by molar-refractivity contribution is 7.99. The van der Waals surface area contributed by atoms with Crippen LogP contribution in [-0.2, 0) is 28.3 Å². The van der Waals surface area contributed by atoms with Crippen LogP contribution in [0.4, 0.5) is 0 Å². The predicted octanol–water partition coefficient (Wildman–Crippen LogP) is 6.79. The number of hydrogen-bond acceptors (Lipinski definition) is 4. The normalized spacial score (nSPS) is 12.4. The third kappa shape index (κ3) is 8.69. The van der Waals surface area contributed by atoms with Gasteiger partial charge in [-0.3, -0.25) is 9.59 Å². The van der Waals surface area contributed by atoms with E-state index in [9.17, 15) is 9.59 Å². The first-order chi connectivity index (χ1) is 18.3. The zero-order valence-electron chi connectivity index (χ0n) is 22.0. The van der Waals surface area contributed by atoms with Crippen LogP contribution in [0.5, 0.6) is 5.75 Å². The van der Waals surface area contributed by atoms with E-state index in [-0.39, 0.29) is 30.2 Å². The number of methoxy groups -OCH3 is 1. The molecule has 3 aromatic carbocycles. The first-order valence-electron chi connectivity index (χ1n) is 12.6. The van der Waals surface area contributed by atoms with Gasteiger partial charge in [-0.2, -0.15) is 0 Å². The standard InChI is InChI=1S/C30H34Cl2N2O3S/c1-4-21(2)33-30(36)28(17-22-10-6-5-7-11-22)34(18-23-12-8-13-24(16-23)37-3)29(35)20-38-19-25-26(31)14-9-15-27(25)32/h5-16,21,28H,4,17-20H2,1-3H3,(H,33,36)/t21-,28+/m1/s1. The highest BCUT2D eigenvalue weighted by Gasteiger charge is 2.31. The number of amides is 2. The second-order valence-corrected chi connectivity index (χ2v) is 10.9. The molecule has 8 heteroatoms. The van der Waals surface area contributed by atoms with Crippen LogP contribution in [0.2, 0.25) is 10.0 Å². The Morgan fingerprint density at radius 1 is 0.974 bits per heavy atom. The number of ether oxygens (including phenoxy) is 1. The van der Waals surface area contributed by atoms with E-state index in [0.717, 1.165) is 23.1 Å². The molecule has 0 aliphatic rings. The fourth-order valence-electron chi connectivity index (χ4n) is 3.96. The van der Waals surface area contributed by atoms with Crippen molar-refractivity contribution < 1.29 is 14.3 Å². The summed E-state index contributed by atoms with van der Waals surface area (Å²) in [6.45, 7) is 4.26. The van der Waals surface area contributed by atoms with Gasteiger partial charge in [0.1, 0.15) is 11.8 Å². The van der Waals surface area contributed by atoms with Crippen molar-refractivity contribution in [2.75, 3.05) is 12.9 Å². The number of hydrogen-bond donors (Lipinski definition) is 1. The molecule has 202 valence electrons. The summed E-state index contributed by atoms with van der Waals surface area (Å²) in [5.41, 5.74) is 2.66. The Balaban J connectivity index is 1.89. The van der Waals surface area contributed by atoms with Crippen LogP contribution in [0.25, 0.3) is 0 Å². The summed E-state index contributed by atoms with van der Waals surface area (Å²) in [7, 11) is 1.61. The molecule has 0 radical (unpaired) electrons. The largest absolute Gasteiger partial charge is 0.497 e. The smallest absolute Gasteiger partial charge is 0.243 e. The Kier molecular flexibility index (Phi) is 11.8. The molecule has 5 nitrogen and oxygen atoms in total. The SMILES string of the molecule is CC[C@@H](C)NC(=O)[C@H](Cc1ccccc1)N(Cc1cccc(OC)c1)C(=O)CSCc1c(Cl)cccc1Cl. The molecule has 2 atom stereocenters. The van der Waals surface area contributed by atoms with Gasteiger partial charge >= 0.3 is 0 Å². The van der Waals surface area contributed by atoms with Crippen molar-refractivity contribution in [3.63, 3.8) is 0 Å². The number of benzene rings is 3. The van der Waals surface area contributed by atoms with E-state index in [2.05, 4.69) is 5.32 Å². The fraction of sp³-hybridized carbons (Fsp3) is 0.333. The molecular formula is C30H34Cl2N2O3S. The Morgan fingerprint density at radius 2 is 1.63 bits per heavy atom. The molecule has 0 aliphatic carbocycles. The van der Waals surface area contributed by atoms with Crippen LogP contribution in [0.3, 0.4) is 0 Å². The molecule has 0 aromatic heterocycles. The van der Waals surface area contributed by atoms with Crippen LogP contribution >= 0.6 is 35.0 Å². The van der Waals surface area contributed by atoms with Crippen molar-refractivity contribution in [3.8, 4) is 5.75 Å². The van der Waals surface area contributed by atoms with E-state index in [1.807, 2.05) is 68.4 Å². The van der Waals surface area contributed by atoms with Crippen LogP contribution in [0.1, 0.15) is 37.0 Å². The van der Waals surface area contributed by atoms with Gasteiger partial charge in [-0.25, -0.2) is 0 Å². The first-order valence-corrected chi connectivity index (χ1v) is 14.5. The molecule has 3 rings (SSSR count). The van der Waals surface area contributed by atoms with Gasteiger partial charge < -0.3 is 15.0 Å². The van der Waals surface area contributed by atoms with Crippen molar-refractivity contribution in [2.45, 2.75) is 51.1 Å².